The molecule has 0 spiro atoms. The number of imidazole rings is 1. The predicted molar refractivity (Wildman–Crippen MR) is 96.8 cm³/mol. The number of benzene rings is 2. The molecule has 0 aliphatic heterocycles. The minimum atomic E-state index is -0.649. The van der Waals surface area contributed by atoms with Gasteiger partial charge in [0.05, 0.1) is 22.6 Å². The molecule has 2 aromatic carbocycles. The Bertz CT molecular complexity index is 844. The molecule has 5 heteroatoms. The van der Waals surface area contributed by atoms with Crippen molar-refractivity contribution in [2.24, 2.45) is 0 Å². The SMILES string of the molecule is CCc1nc2ccccc2n1C[C@@H](O)COc1cc(C)ccc1Cl. The molecule has 0 radical (unpaired) electrons. The summed E-state index contributed by atoms with van der Waals surface area (Å²) >= 11 is 6.13. The Morgan fingerprint density at radius 1 is 1.25 bits per heavy atom. The van der Waals surface area contributed by atoms with E-state index >= 15 is 0 Å². The van der Waals surface area contributed by atoms with Crippen molar-refractivity contribution in [3.8, 4) is 5.75 Å². The van der Waals surface area contributed by atoms with Crippen LogP contribution in [0.15, 0.2) is 42.5 Å². The number of ether oxygens (including phenoxy) is 1. The van der Waals surface area contributed by atoms with Gasteiger partial charge in [0.2, 0.25) is 0 Å². The van der Waals surface area contributed by atoms with Crippen molar-refractivity contribution < 1.29 is 9.84 Å². The van der Waals surface area contributed by atoms with Crippen LogP contribution in [-0.4, -0.2) is 27.4 Å². The zero-order valence-corrected chi connectivity index (χ0v) is 14.6. The topological polar surface area (TPSA) is 47.3 Å². The van der Waals surface area contributed by atoms with Crippen LogP contribution >= 0.6 is 11.6 Å². The predicted octanol–water partition coefficient (Wildman–Crippen LogP) is 4.00. The fourth-order valence-corrected chi connectivity index (χ4v) is 2.94. The molecule has 0 fully saturated rings. The average Bonchev–Trinajstić information content (AvgIpc) is 2.93. The maximum Gasteiger partial charge on any atom is 0.138 e. The van der Waals surface area contributed by atoms with E-state index in [1.54, 1.807) is 6.07 Å². The number of aromatic nitrogens is 2. The van der Waals surface area contributed by atoms with Crippen LogP contribution in [0.5, 0.6) is 5.75 Å². The number of aliphatic hydroxyl groups excluding tert-OH is 1. The van der Waals surface area contributed by atoms with E-state index in [2.05, 4.69) is 16.5 Å². The molecule has 1 heterocycles. The first kappa shape index (κ1) is 16.8. The monoisotopic (exact) mass is 344 g/mol. The van der Waals surface area contributed by atoms with Gasteiger partial charge in [0.1, 0.15) is 24.3 Å². The molecule has 24 heavy (non-hydrogen) atoms. The Morgan fingerprint density at radius 2 is 2.04 bits per heavy atom. The molecule has 0 saturated carbocycles. The van der Waals surface area contributed by atoms with Gasteiger partial charge in [-0.25, -0.2) is 4.98 Å². The highest BCUT2D eigenvalue weighted by molar-refractivity contribution is 6.32. The Morgan fingerprint density at radius 3 is 2.83 bits per heavy atom. The van der Waals surface area contributed by atoms with E-state index < -0.39 is 6.10 Å². The number of halogens is 1. The van der Waals surface area contributed by atoms with Crippen LogP contribution in [0.4, 0.5) is 0 Å². The molecule has 0 saturated heterocycles. The molecule has 126 valence electrons. The Labute approximate surface area is 146 Å². The average molecular weight is 345 g/mol. The van der Waals surface area contributed by atoms with Crippen LogP contribution in [0.3, 0.4) is 0 Å². The van der Waals surface area contributed by atoms with Crippen molar-refractivity contribution >= 4 is 22.6 Å². The summed E-state index contributed by atoms with van der Waals surface area (Å²) in [6.07, 6.45) is 0.163. The number of para-hydroxylation sites is 2. The van der Waals surface area contributed by atoms with E-state index in [1.165, 1.54) is 0 Å². The molecule has 1 aromatic heterocycles. The second-order valence-corrected chi connectivity index (χ2v) is 6.29. The second-order valence-electron chi connectivity index (χ2n) is 5.88. The normalized spacial score (nSPS) is 12.5. The van der Waals surface area contributed by atoms with Crippen molar-refractivity contribution in [3.63, 3.8) is 0 Å². The van der Waals surface area contributed by atoms with Crippen LogP contribution < -0.4 is 4.74 Å². The Kier molecular flexibility index (Phi) is 5.07. The summed E-state index contributed by atoms with van der Waals surface area (Å²) in [6.45, 7) is 4.66. The highest BCUT2D eigenvalue weighted by Gasteiger charge is 2.14. The zero-order chi connectivity index (χ0) is 17.1. The third-order valence-corrected chi connectivity index (χ3v) is 4.27. The number of nitrogens with zero attached hydrogens (tertiary/aromatic N) is 2. The highest BCUT2D eigenvalue weighted by atomic mass is 35.5. The molecule has 3 aromatic rings. The van der Waals surface area contributed by atoms with Crippen molar-refractivity contribution in [2.75, 3.05) is 6.61 Å². The fraction of sp³-hybridized carbons (Fsp3) is 0.316. The third-order valence-electron chi connectivity index (χ3n) is 3.96. The Balaban J connectivity index is 1.73. The molecule has 3 rings (SSSR count). The number of fused-ring (bicyclic) bond motifs is 1. The van der Waals surface area contributed by atoms with Crippen LogP contribution in [0.1, 0.15) is 18.3 Å². The van der Waals surface area contributed by atoms with Crippen molar-refractivity contribution in [2.45, 2.75) is 32.9 Å². The molecule has 0 amide bonds. The van der Waals surface area contributed by atoms with Gasteiger partial charge in [-0.3, -0.25) is 0 Å². The van der Waals surface area contributed by atoms with Gasteiger partial charge in [0.15, 0.2) is 0 Å². The first-order valence-electron chi connectivity index (χ1n) is 8.09. The first-order valence-corrected chi connectivity index (χ1v) is 8.47. The summed E-state index contributed by atoms with van der Waals surface area (Å²) in [5.74, 6) is 1.56. The first-order chi connectivity index (χ1) is 11.6. The van der Waals surface area contributed by atoms with Crippen LogP contribution in [0.2, 0.25) is 5.02 Å². The molecular formula is C19H21ClN2O2. The lowest BCUT2D eigenvalue weighted by Gasteiger charge is -2.16. The van der Waals surface area contributed by atoms with Crippen LogP contribution in [0, 0.1) is 6.92 Å². The number of aryl methyl sites for hydroxylation is 2. The largest absolute Gasteiger partial charge is 0.489 e. The number of hydrogen-bond donors (Lipinski definition) is 1. The van der Waals surface area contributed by atoms with Crippen LogP contribution in [-0.2, 0) is 13.0 Å². The van der Waals surface area contributed by atoms with E-state index in [-0.39, 0.29) is 6.61 Å². The Hall–Kier alpha value is -2.04. The molecule has 1 N–H and O–H groups in total. The van der Waals surface area contributed by atoms with E-state index in [1.807, 2.05) is 43.3 Å². The number of hydrogen-bond acceptors (Lipinski definition) is 3. The van der Waals surface area contributed by atoms with Gasteiger partial charge in [0.25, 0.3) is 0 Å². The summed E-state index contributed by atoms with van der Waals surface area (Å²) in [5.41, 5.74) is 3.05. The molecule has 0 aliphatic rings. The molecule has 4 nitrogen and oxygen atoms in total. The number of rotatable bonds is 6. The maximum absolute atomic E-state index is 10.4. The smallest absolute Gasteiger partial charge is 0.138 e. The minimum absolute atomic E-state index is 0.179. The molecule has 1 atom stereocenters. The van der Waals surface area contributed by atoms with Crippen molar-refractivity contribution in [1.82, 2.24) is 9.55 Å². The molecule has 0 aliphatic carbocycles. The van der Waals surface area contributed by atoms with Gasteiger partial charge < -0.3 is 14.4 Å². The number of aliphatic hydroxyl groups is 1. The van der Waals surface area contributed by atoms with Crippen molar-refractivity contribution in [1.29, 1.82) is 0 Å². The quantitative estimate of drug-likeness (QED) is 0.735. The summed E-state index contributed by atoms with van der Waals surface area (Å²) in [6, 6.07) is 13.6. The van der Waals surface area contributed by atoms with E-state index in [4.69, 9.17) is 16.3 Å². The van der Waals surface area contributed by atoms with Gasteiger partial charge in [-0.15, -0.1) is 0 Å². The summed E-state index contributed by atoms with van der Waals surface area (Å²) in [5, 5.41) is 11.0. The lowest BCUT2D eigenvalue weighted by atomic mass is 10.2. The summed E-state index contributed by atoms with van der Waals surface area (Å²) in [7, 11) is 0. The third kappa shape index (κ3) is 3.55. The van der Waals surface area contributed by atoms with E-state index in [9.17, 15) is 5.11 Å². The maximum atomic E-state index is 10.4. The standard InChI is InChI=1S/C19H21ClN2O2/c1-3-19-21-16-6-4-5-7-17(16)22(19)11-14(23)12-24-18-10-13(2)8-9-15(18)20/h4-10,14,23H,3,11-12H2,1-2H3/t14-/m1/s1. The van der Waals surface area contributed by atoms with Crippen LogP contribution in [0.25, 0.3) is 11.0 Å². The minimum Gasteiger partial charge on any atom is -0.489 e. The molecule has 0 unspecified atom stereocenters. The lowest BCUT2D eigenvalue weighted by molar-refractivity contribution is 0.0928. The van der Waals surface area contributed by atoms with Gasteiger partial charge >= 0.3 is 0 Å². The zero-order valence-electron chi connectivity index (χ0n) is 13.9. The highest BCUT2D eigenvalue weighted by Crippen LogP contribution is 2.25. The van der Waals surface area contributed by atoms with E-state index in [0.29, 0.717) is 17.3 Å². The van der Waals surface area contributed by atoms with Gasteiger partial charge in [0, 0.05) is 6.42 Å². The lowest BCUT2D eigenvalue weighted by Crippen LogP contribution is -2.24. The fourth-order valence-electron chi connectivity index (χ4n) is 2.77. The van der Waals surface area contributed by atoms with Gasteiger partial charge in [-0.2, -0.15) is 0 Å². The molecular weight excluding hydrogens is 324 g/mol. The van der Waals surface area contributed by atoms with Crippen molar-refractivity contribution in [3.05, 3.63) is 58.9 Å². The van der Waals surface area contributed by atoms with E-state index in [0.717, 1.165) is 28.8 Å². The second kappa shape index (κ2) is 7.24. The van der Waals surface area contributed by atoms with Gasteiger partial charge in [-0.05, 0) is 36.8 Å². The van der Waals surface area contributed by atoms with Gasteiger partial charge in [-0.1, -0.05) is 36.7 Å². The summed E-state index contributed by atoms with van der Waals surface area (Å²) in [4.78, 5) is 4.62. The molecule has 0 bridgehead atoms. The summed E-state index contributed by atoms with van der Waals surface area (Å²) < 4.78 is 7.75.